The summed E-state index contributed by atoms with van der Waals surface area (Å²) in [6, 6.07) is 1.36. The van der Waals surface area contributed by atoms with Crippen molar-refractivity contribution in [3.63, 3.8) is 0 Å². The number of pyridine rings is 1. The topological polar surface area (TPSA) is 79.4 Å². The van der Waals surface area contributed by atoms with E-state index in [1.807, 2.05) is 0 Å². The highest BCUT2D eigenvalue weighted by molar-refractivity contribution is 9.10. The van der Waals surface area contributed by atoms with Crippen molar-refractivity contribution in [2.75, 3.05) is 30.4 Å². The van der Waals surface area contributed by atoms with E-state index in [-0.39, 0.29) is 30.0 Å². The molecule has 0 aromatic carbocycles. The molecule has 2 heterocycles. The zero-order valence-electron chi connectivity index (χ0n) is 11.3. The van der Waals surface area contributed by atoms with E-state index in [1.165, 1.54) is 0 Å². The molecule has 2 rings (SSSR count). The van der Waals surface area contributed by atoms with E-state index in [0.29, 0.717) is 15.9 Å². The van der Waals surface area contributed by atoms with E-state index >= 15 is 0 Å². The fourth-order valence-electron chi connectivity index (χ4n) is 2.26. The van der Waals surface area contributed by atoms with Crippen LogP contribution >= 0.6 is 15.9 Å². The van der Waals surface area contributed by atoms with Gasteiger partial charge in [0, 0.05) is 30.3 Å². The molecule has 0 saturated carbocycles. The number of nitrogens with one attached hydrogen (secondary N) is 1. The first-order valence-electron chi connectivity index (χ1n) is 6.19. The highest BCUT2D eigenvalue weighted by Gasteiger charge is 2.32. The van der Waals surface area contributed by atoms with Gasteiger partial charge in [-0.1, -0.05) is 0 Å². The van der Waals surface area contributed by atoms with Crippen molar-refractivity contribution >= 4 is 37.5 Å². The van der Waals surface area contributed by atoms with E-state index in [4.69, 9.17) is 0 Å². The van der Waals surface area contributed by atoms with Crippen LogP contribution in [0.4, 0.5) is 5.82 Å². The Labute approximate surface area is 126 Å². The molecule has 1 aliphatic heterocycles. The first kappa shape index (κ1) is 15.2. The first-order chi connectivity index (χ1) is 9.34. The van der Waals surface area contributed by atoms with Gasteiger partial charge in [-0.2, -0.15) is 0 Å². The molecule has 0 bridgehead atoms. The molecule has 20 heavy (non-hydrogen) atoms. The number of amides is 1. The number of carbonyl (C=O) groups is 1. The molecule has 8 heteroatoms. The molecule has 1 fully saturated rings. The van der Waals surface area contributed by atoms with Crippen LogP contribution < -0.4 is 5.32 Å². The summed E-state index contributed by atoms with van der Waals surface area (Å²) >= 11 is 3.29. The fraction of sp³-hybridized carbons (Fsp3) is 0.500. The summed E-state index contributed by atoms with van der Waals surface area (Å²) in [6.45, 7) is 1.97. The lowest BCUT2D eigenvalue weighted by atomic mass is 10.2. The predicted octanol–water partition coefficient (Wildman–Crippen LogP) is 1.14. The second-order valence-electron chi connectivity index (χ2n) is 4.76. The van der Waals surface area contributed by atoms with Gasteiger partial charge >= 0.3 is 0 Å². The Morgan fingerprint density at radius 2 is 2.25 bits per heavy atom. The zero-order valence-corrected chi connectivity index (χ0v) is 13.7. The summed E-state index contributed by atoms with van der Waals surface area (Å²) in [4.78, 5) is 18.3. The Kier molecular flexibility index (Phi) is 4.33. The summed E-state index contributed by atoms with van der Waals surface area (Å²) in [5, 5.41) is 2.88. The maximum Gasteiger partial charge on any atom is 0.257 e. The van der Waals surface area contributed by atoms with Crippen molar-refractivity contribution in [1.29, 1.82) is 0 Å². The molecule has 1 atom stereocenters. The Balaban J connectivity index is 2.30. The summed E-state index contributed by atoms with van der Waals surface area (Å²) < 4.78 is 23.9. The maximum absolute atomic E-state index is 12.6. The average Bonchev–Trinajstić information content (AvgIpc) is 2.37. The second kappa shape index (κ2) is 5.69. The largest absolute Gasteiger partial charge is 0.372 e. The number of rotatable bonds is 2. The number of aromatic nitrogens is 1. The third-order valence-corrected chi connectivity index (χ3v) is 5.48. The van der Waals surface area contributed by atoms with Crippen LogP contribution in [-0.4, -0.2) is 55.3 Å². The highest BCUT2D eigenvalue weighted by Crippen LogP contribution is 2.22. The van der Waals surface area contributed by atoms with E-state index < -0.39 is 9.84 Å². The molecule has 6 nitrogen and oxygen atoms in total. The number of nitrogens with zero attached hydrogens (tertiary/aromatic N) is 2. The third kappa shape index (κ3) is 3.12. The van der Waals surface area contributed by atoms with Crippen molar-refractivity contribution < 1.29 is 13.2 Å². The van der Waals surface area contributed by atoms with Crippen molar-refractivity contribution in [3.8, 4) is 0 Å². The number of halogens is 1. The van der Waals surface area contributed by atoms with Gasteiger partial charge in [-0.15, -0.1) is 0 Å². The normalized spacial score (nSPS) is 21.6. The summed E-state index contributed by atoms with van der Waals surface area (Å²) in [7, 11) is -1.35. The predicted molar refractivity (Wildman–Crippen MR) is 80.6 cm³/mol. The third-order valence-electron chi connectivity index (χ3n) is 3.25. The minimum atomic E-state index is -3.04. The van der Waals surface area contributed by atoms with E-state index in [9.17, 15) is 13.2 Å². The van der Waals surface area contributed by atoms with Gasteiger partial charge in [-0.3, -0.25) is 4.79 Å². The molecular weight excluding hydrogens is 346 g/mol. The van der Waals surface area contributed by atoms with E-state index in [2.05, 4.69) is 26.2 Å². The minimum absolute atomic E-state index is 0.00899. The Morgan fingerprint density at radius 1 is 1.55 bits per heavy atom. The lowest BCUT2D eigenvalue weighted by molar-refractivity contribution is 0.0713. The van der Waals surface area contributed by atoms with Crippen LogP contribution in [-0.2, 0) is 9.84 Å². The summed E-state index contributed by atoms with van der Waals surface area (Å²) in [5.74, 6) is 0.304. The second-order valence-corrected chi connectivity index (χ2v) is 7.91. The number of hydrogen-bond acceptors (Lipinski definition) is 5. The molecule has 1 aromatic rings. The lowest BCUT2D eigenvalue weighted by Gasteiger charge is -2.33. The van der Waals surface area contributed by atoms with Gasteiger partial charge in [0.05, 0.1) is 17.1 Å². The minimum Gasteiger partial charge on any atom is -0.372 e. The van der Waals surface area contributed by atoms with Gasteiger partial charge in [-0.05, 0) is 28.9 Å². The summed E-state index contributed by atoms with van der Waals surface area (Å²) in [6.07, 6.45) is 1.60. The van der Waals surface area contributed by atoms with Crippen LogP contribution in [0.2, 0.25) is 0 Å². The first-order valence-corrected chi connectivity index (χ1v) is 8.80. The molecule has 1 N–H and O–H groups in total. The van der Waals surface area contributed by atoms with Gasteiger partial charge in [0.25, 0.3) is 5.91 Å². The SMILES string of the molecule is CNc1ncc(Br)cc1C(=O)N1CCS(=O)(=O)CC1C. The van der Waals surface area contributed by atoms with Crippen molar-refractivity contribution in [2.45, 2.75) is 13.0 Å². The molecule has 0 aliphatic carbocycles. The van der Waals surface area contributed by atoms with Gasteiger partial charge in [0.15, 0.2) is 9.84 Å². The monoisotopic (exact) mass is 361 g/mol. The molecule has 0 spiro atoms. The quantitative estimate of drug-likeness (QED) is 0.854. The highest BCUT2D eigenvalue weighted by atomic mass is 79.9. The molecule has 0 radical (unpaired) electrons. The molecule has 1 aromatic heterocycles. The van der Waals surface area contributed by atoms with Crippen molar-refractivity contribution in [1.82, 2.24) is 9.88 Å². The maximum atomic E-state index is 12.6. The van der Waals surface area contributed by atoms with Crippen LogP contribution in [0, 0.1) is 0 Å². The Morgan fingerprint density at radius 3 is 2.85 bits per heavy atom. The molecular formula is C12H16BrN3O3S. The van der Waals surface area contributed by atoms with Gasteiger partial charge < -0.3 is 10.2 Å². The van der Waals surface area contributed by atoms with Crippen LogP contribution in [0.25, 0.3) is 0 Å². The Hall–Kier alpha value is -1.15. The van der Waals surface area contributed by atoms with Gasteiger partial charge in [-0.25, -0.2) is 13.4 Å². The molecule has 1 amide bonds. The van der Waals surface area contributed by atoms with Gasteiger partial charge in [0.2, 0.25) is 0 Å². The summed E-state index contributed by atoms with van der Waals surface area (Å²) in [5.41, 5.74) is 0.438. The lowest BCUT2D eigenvalue weighted by Crippen LogP contribution is -2.49. The number of carbonyl (C=O) groups excluding carboxylic acids is 1. The molecule has 110 valence electrons. The smallest absolute Gasteiger partial charge is 0.257 e. The Bertz CT molecular complexity index is 633. The molecule has 1 saturated heterocycles. The van der Waals surface area contributed by atoms with Crippen molar-refractivity contribution in [2.24, 2.45) is 0 Å². The van der Waals surface area contributed by atoms with Crippen LogP contribution in [0.5, 0.6) is 0 Å². The van der Waals surface area contributed by atoms with Crippen LogP contribution in [0.3, 0.4) is 0 Å². The number of sulfone groups is 1. The molecule has 1 aliphatic rings. The van der Waals surface area contributed by atoms with Crippen molar-refractivity contribution in [3.05, 3.63) is 22.3 Å². The van der Waals surface area contributed by atoms with Gasteiger partial charge in [0.1, 0.15) is 5.82 Å². The van der Waals surface area contributed by atoms with Crippen LogP contribution in [0.15, 0.2) is 16.7 Å². The van der Waals surface area contributed by atoms with E-state index in [1.54, 1.807) is 31.1 Å². The standard InChI is InChI=1S/C12H16BrN3O3S/c1-8-7-20(18,19)4-3-16(8)12(17)10-5-9(13)6-15-11(10)14-2/h5-6,8H,3-4,7H2,1-2H3,(H,14,15). The molecule has 1 unspecified atom stereocenters. The fourth-order valence-corrected chi connectivity index (χ4v) is 4.14. The number of hydrogen-bond donors (Lipinski definition) is 1. The number of anilines is 1. The average molecular weight is 362 g/mol. The van der Waals surface area contributed by atoms with Crippen LogP contribution in [0.1, 0.15) is 17.3 Å². The zero-order chi connectivity index (χ0) is 14.9. The van der Waals surface area contributed by atoms with E-state index in [0.717, 1.165) is 0 Å².